The van der Waals surface area contributed by atoms with E-state index >= 15 is 0 Å². The Morgan fingerprint density at radius 3 is 2.46 bits per heavy atom. The Labute approximate surface area is 165 Å². The maximum atomic E-state index is 13.0. The molecule has 0 saturated carbocycles. The summed E-state index contributed by atoms with van der Waals surface area (Å²) < 4.78 is 25.9. The number of benzene rings is 2. The van der Waals surface area contributed by atoms with Crippen LogP contribution in [0.15, 0.2) is 64.3 Å². The summed E-state index contributed by atoms with van der Waals surface area (Å²) >= 11 is 1.48. The third-order valence-electron chi connectivity index (χ3n) is 4.19. The first kappa shape index (κ1) is 18.2. The molecule has 0 aliphatic heterocycles. The van der Waals surface area contributed by atoms with E-state index in [1.807, 2.05) is 35.9 Å². The third-order valence-corrected chi connectivity index (χ3v) is 5.20. The summed E-state index contributed by atoms with van der Waals surface area (Å²) in [7, 11) is 3.55. The van der Waals surface area contributed by atoms with Crippen LogP contribution in [-0.4, -0.2) is 26.9 Å². The fraction of sp³-hybridized carbons (Fsp3) is 0.150. The van der Waals surface area contributed by atoms with Crippen molar-refractivity contribution in [2.45, 2.75) is 10.9 Å². The molecule has 0 aliphatic carbocycles. The molecule has 28 heavy (non-hydrogen) atoms. The number of halogens is 1. The molecule has 2 aromatic carbocycles. The summed E-state index contributed by atoms with van der Waals surface area (Å²) in [6.45, 7) is 0. The minimum Gasteiger partial charge on any atom is -0.497 e. The van der Waals surface area contributed by atoms with Crippen LogP contribution >= 0.6 is 11.8 Å². The summed E-state index contributed by atoms with van der Waals surface area (Å²) in [5.41, 5.74) is 1.74. The van der Waals surface area contributed by atoms with Crippen molar-refractivity contribution in [2.24, 2.45) is 7.05 Å². The second-order valence-corrected chi connectivity index (χ2v) is 6.95. The molecule has 4 rings (SSSR count). The smallest absolute Gasteiger partial charge is 0.205 e. The van der Waals surface area contributed by atoms with E-state index in [4.69, 9.17) is 9.15 Å². The van der Waals surface area contributed by atoms with Gasteiger partial charge < -0.3 is 13.7 Å². The number of hydrogen-bond donors (Lipinski definition) is 0. The number of hydrogen-bond acceptors (Lipinski definition) is 6. The maximum Gasteiger partial charge on any atom is 0.205 e. The Hall–Kier alpha value is -3.13. The minimum absolute atomic E-state index is 0.283. The van der Waals surface area contributed by atoms with Gasteiger partial charge in [-0.2, -0.15) is 0 Å². The van der Waals surface area contributed by atoms with Crippen LogP contribution in [-0.2, 0) is 12.8 Å². The highest BCUT2D eigenvalue weighted by molar-refractivity contribution is 7.98. The van der Waals surface area contributed by atoms with Crippen molar-refractivity contribution in [3.05, 3.63) is 66.4 Å². The molecule has 142 valence electrons. The molecule has 0 aliphatic rings. The van der Waals surface area contributed by atoms with Gasteiger partial charge in [0.1, 0.15) is 11.6 Å². The van der Waals surface area contributed by atoms with Gasteiger partial charge in [0.2, 0.25) is 5.89 Å². The number of rotatable bonds is 6. The van der Waals surface area contributed by atoms with Crippen molar-refractivity contribution in [2.75, 3.05) is 7.11 Å². The van der Waals surface area contributed by atoms with E-state index in [0.717, 1.165) is 27.9 Å². The van der Waals surface area contributed by atoms with Gasteiger partial charge in [-0.15, -0.1) is 10.2 Å². The van der Waals surface area contributed by atoms with E-state index in [1.54, 1.807) is 25.4 Å². The molecule has 0 radical (unpaired) electrons. The third kappa shape index (κ3) is 3.77. The number of thioether (sulfide) groups is 1. The molecule has 0 unspecified atom stereocenters. The van der Waals surface area contributed by atoms with Gasteiger partial charge in [-0.05, 0) is 48.5 Å². The lowest BCUT2D eigenvalue weighted by Crippen LogP contribution is -1.95. The lowest BCUT2D eigenvalue weighted by molar-refractivity contribution is 0.415. The molecular weight excluding hydrogens is 379 g/mol. The van der Waals surface area contributed by atoms with Crippen LogP contribution < -0.4 is 4.74 Å². The van der Waals surface area contributed by atoms with Crippen LogP contribution in [0.3, 0.4) is 0 Å². The van der Waals surface area contributed by atoms with Gasteiger partial charge in [0, 0.05) is 18.2 Å². The standard InChI is InChI=1S/C20H17FN4O2S/c1-25-19(14-5-9-16(26-2)10-6-14)23-24-20(25)28-12-18-22-11-17(27-18)13-3-7-15(21)8-4-13/h3-11H,12H2,1-2H3. The fourth-order valence-corrected chi connectivity index (χ4v) is 3.45. The Morgan fingerprint density at radius 1 is 1.04 bits per heavy atom. The Bertz CT molecular complexity index is 1070. The summed E-state index contributed by atoms with van der Waals surface area (Å²) in [6, 6.07) is 13.8. The molecule has 0 amide bonds. The number of aromatic nitrogens is 4. The van der Waals surface area contributed by atoms with Crippen LogP contribution in [0.25, 0.3) is 22.7 Å². The van der Waals surface area contributed by atoms with Crippen molar-refractivity contribution >= 4 is 11.8 Å². The van der Waals surface area contributed by atoms with Crippen LogP contribution in [0, 0.1) is 5.82 Å². The van der Waals surface area contributed by atoms with Gasteiger partial charge >= 0.3 is 0 Å². The molecule has 0 spiro atoms. The van der Waals surface area contributed by atoms with Crippen LogP contribution in [0.1, 0.15) is 5.89 Å². The highest BCUT2D eigenvalue weighted by Gasteiger charge is 2.13. The first-order valence-corrected chi connectivity index (χ1v) is 9.50. The van der Waals surface area contributed by atoms with Crippen molar-refractivity contribution in [1.82, 2.24) is 19.7 Å². The summed E-state index contributed by atoms with van der Waals surface area (Å²) in [5, 5.41) is 9.29. The average molecular weight is 396 g/mol. The Morgan fingerprint density at radius 2 is 1.75 bits per heavy atom. The van der Waals surface area contributed by atoms with E-state index in [0.29, 0.717) is 17.4 Å². The van der Waals surface area contributed by atoms with Crippen molar-refractivity contribution in [3.63, 3.8) is 0 Å². The molecule has 2 heterocycles. The number of oxazole rings is 1. The average Bonchev–Trinajstić information content (AvgIpc) is 3.34. The van der Waals surface area contributed by atoms with E-state index in [-0.39, 0.29) is 5.82 Å². The van der Waals surface area contributed by atoms with Crippen molar-refractivity contribution in [3.8, 4) is 28.5 Å². The van der Waals surface area contributed by atoms with Gasteiger partial charge in [0.15, 0.2) is 16.7 Å². The van der Waals surface area contributed by atoms with Gasteiger partial charge in [0.25, 0.3) is 0 Å². The van der Waals surface area contributed by atoms with Gasteiger partial charge in [-0.1, -0.05) is 11.8 Å². The largest absolute Gasteiger partial charge is 0.497 e. The monoisotopic (exact) mass is 396 g/mol. The molecule has 0 atom stereocenters. The topological polar surface area (TPSA) is 66.0 Å². The molecule has 0 fully saturated rings. The summed E-state index contributed by atoms with van der Waals surface area (Å²) in [6.07, 6.45) is 1.64. The zero-order valence-corrected chi connectivity index (χ0v) is 16.1. The Kier molecular flexibility index (Phi) is 5.12. The molecule has 0 N–H and O–H groups in total. The molecule has 6 nitrogen and oxygen atoms in total. The van der Waals surface area contributed by atoms with Gasteiger partial charge in [0.05, 0.1) is 19.1 Å². The molecular formula is C20H17FN4O2S. The first-order chi connectivity index (χ1) is 13.6. The van der Waals surface area contributed by atoms with Crippen LogP contribution in [0.5, 0.6) is 5.75 Å². The number of ether oxygens (including phenoxy) is 1. The first-order valence-electron chi connectivity index (χ1n) is 8.51. The molecule has 8 heteroatoms. The second kappa shape index (κ2) is 7.85. The van der Waals surface area contributed by atoms with Gasteiger partial charge in [-0.3, -0.25) is 0 Å². The zero-order valence-electron chi connectivity index (χ0n) is 15.3. The second-order valence-electron chi connectivity index (χ2n) is 6.01. The molecule has 0 bridgehead atoms. The molecule has 4 aromatic rings. The van der Waals surface area contributed by atoms with Crippen molar-refractivity contribution in [1.29, 1.82) is 0 Å². The summed E-state index contributed by atoms with van der Waals surface area (Å²) in [5.74, 6) is 2.96. The number of nitrogens with zero attached hydrogens (tertiary/aromatic N) is 4. The van der Waals surface area contributed by atoms with E-state index in [2.05, 4.69) is 15.2 Å². The predicted molar refractivity (Wildman–Crippen MR) is 104 cm³/mol. The molecule has 0 saturated heterocycles. The SMILES string of the molecule is COc1ccc(-c2nnc(SCc3ncc(-c4ccc(F)cc4)o3)n2C)cc1. The lowest BCUT2D eigenvalue weighted by atomic mass is 10.2. The van der Waals surface area contributed by atoms with Crippen molar-refractivity contribution < 1.29 is 13.5 Å². The minimum atomic E-state index is -0.283. The normalized spacial score (nSPS) is 11.0. The quantitative estimate of drug-likeness (QED) is 0.445. The van der Waals surface area contributed by atoms with E-state index < -0.39 is 0 Å². The van der Waals surface area contributed by atoms with Crippen LogP contribution in [0.4, 0.5) is 4.39 Å². The Balaban J connectivity index is 1.45. The molecule has 2 aromatic heterocycles. The fourth-order valence-electron chi connectivity index (χ4n) is 2.68. The van der Waals surface area contributed by atoms with E-state index in [9.17, 15) is 4.39 Å². The van der Waals surface area contributed by atoms with Gasteiger partial charge in [-0.25, -0.2) is 9.37 Å². The predicted octanol–water partition coefficient (Wildman–Crippen LogP) is 4.58. The van der Waals surface area contributed by atoms with Crippen LogP contribution in [0.2, 0.25) is 0 Å². The zero-order chi connectivity index (χ0) is 19.5. The summed E-state index contributed by atoms with van der Waals surface area (Å²) in [4.78, 5) is 4.29. The number of methoxy groups -OCH3 is 1. The maximum absolute atomic E-state index is 13.0. The van der Waals surface area contributed by atoms with E-state index in [1.165, 1.54) is 23.9 Å². The lowest BCUT2D eigenvalue weighted by Gasteiger charge is -2.04. The highest BCUT2D eigenvalue weighted by atomic mass is 32.2. The highest BCUT2D eigenvalue weighted by Crippen LogP contribution is 2.28.